The van der Waals surface area contributed by atoms with E-state index < -0.39 is 12.7 Å². The van der Waals surface area contributed by atoms with Crippen LogP contribution in [0.1, 0.15) is 30.9 Å². The molecule has 2 aromatic carbocycles. The molecule has 1 aromatic heterocycles. The molecule has 0 saturated heterocycles. The molecule has 4 rings (SSSR count). The highest BCUT2D eigenvalue weighted by Gasteiger charge is 2.27. The van der Waals surface area contributed by atoms with Gasteiger partial charge >= 0.3 is 6.61 Å². The lowest BCUT2D eigenvalue weighted by atomic mass is 10.0. The van der Waals surface area contributed by atoms with Crippen LogP contribution >= 0.6 is 0 Å². The van der Waals surface area contributed by atoms with Crippen molar-refractivity contribution in [2.45, 2.75) is 31.9 Å². The Morgan fingerprint density at radius 2 is 2.00 bits per heavy atom. The van der Waals surface area contributed by atoms with Gasteiger partial charge in [-0.3, -0.25) is 4.79 Å². The van der Waals surface area contributed by atoms with Crippen molar-refractivity contribution in [1.82, 2.24) is 9.47 Å². The van der Waals surface area contributed by atoms with Crippen LogP contribution in [0, 0.1) is 5.92 Å². The number of carbonyl (C=O) groups is 1. The maximum absolute atomic E-state index is 12.9. The number of nitrogen functional groups attached to an aromatic ring is 1. The van der Waals surface area contributed by atoms with Crippen molar-refractivity contribution in [3.63, 3.8) is 0 Å². The van der Waals surface area contributed by atoms with Crippen LogP contribution in [0.5, 0.6) is 17.4 Å². The molecule has 3 aromatic rings. The third kappa shape index (κ3) is 4.97. The van der Waals surface area contributed by atoms with E-state index >= 15 is 0 Å². The molecule has 33 heavy (non-hydrogen) atoms. The largest absolute Gasteiger partial charge is 0.494 e. The molecule has 1 aliphatic rings. The summed E-state index contributed by atoms with van der Waals surface area (Å²) in [6, 6.07) is 9.26. The lowest BCUT2D eigenvalue weighted by molar-refractivity contribution is -0.129. The van der Waals surface area contributed by atoms with Crippen LogP contribution in [0.25, 0.3) is 10.8 Å². The van der Waals surface area contributed by atoms with Crippen molar-refractivity contribution in [3.8, 4) is 17.4 Å². The van der Waals surface area contributed by atoms with Crippen LogP contribution in [-0.2, 0) is 4.79 Å². The summed E-state index contributed by atoms with van der Waals surface area (Å²) in [6.45, 7) is -2.59. The lowest BCUT2D eigenvalue weighted by Crippen LogP contribution is -2.26. The second kappa shape index (κ2) is 9.17. The molecule has 1 saturated carbocycles. The molecule has 0 aliphatic heterocycles. The molecule has 176 valence electrons. The molecule has 0 bridgehead atoms. The fourth-order valence-corrected chi connectivity index (χ4v) is 3.79. The molecule has 0 spiro atoms. The molecule has 1 unspecified atom stereocenters. The minimum atomic E-state index is -2.99. The van der Waals surface area contributed by atoms with Gasteiger partial charge in [0.05, 0.1) is 24.5 Å². The van der Waals surface area contributed by atoms with E-state index in [4.69, 9.17) is 10.5 Å². The van der Waals surface area contributed by atoms with Gasteiger partial charge in [0.15, 0.2) is 11.5 Å². The molecular formula is C24H27F2N3O4. The van der Waals surface area contributed by atoms with E-state index in [0.717, 1.165) is 18.2 Å². The number of fused-ring (bicyclic) bond motifs is 1. The normalized spacial score (nSPS) is 14.5. The van der Waals surface area contributed by atoms with Gasteiger partial charge in [-0.05, 0) is 42.5 Å². The molecule has 0 radical (unpaired) electrons. The molecule has 1 fully saturated rings. The van der Waals surface area contributed by atoms with Crippen molar-refractivity contribution in [2.75, 3.05) is 26.4 Å². The number of rotatable bonds is 9. The number of ether oxygens (including phenoxy) is 2. The number of anilines is 1. The number of benzene rings is 2. The second-order valence-corrected chi connectivity index (χ2v) is 8.52. The Morgan fingerprint density at radius 3 is 2.64 bits per heavy atom. The summed E-state index contributed by atoms with van der Waals surface area (Å²) >= 11 is 0. The lowest BCUT2D eigenvalue weighted by Gasteiger charge is -2.23. The zero-order valence-corrected chi connectivity index (χ0v) is 18.5. The highest BCUT2D eigenvalue weighted by atomic mass is 19.3. The van der Waals surface area contributed by atoms with E-state index in [9.17, 15) is 18.7 Å². The molecule has 3 N–H and O–H groups in total. The van der Waals surface area contributed by atoms with Crippen LogP contribution in [0.3, 0.4) is 0 Å². The summed E-state index contributed by atoms with van der Waals surface area (Å²) in [5.74, 6) is 0.267. The van der Waals surface area contributed by atoms with Crippen LogP contribution in [0.4, 0.5) is 14.5 Å². The minimum absolute atomic E-state index is 0.0264. The quantitative estimate of drug-likeness (QED) is 0.464. The van der Waals surface area contributed by atoms with Crippen LogP contribution in [0.15, 0.2) is 42.6 Å². The Hall–Kier alpha value is -3.49. The number of aromatic nitrogens is 1. The fourth-order valence-electron chi connectivity index (χ4n) is 3.79. The Kier molecular flexibility index (Phi) is 6.31. The highest BCUT2D eigenvalue weighted by molar-refractivity contribution is 5.97. The molecule has 1 heterocycles. The van der Waals surface area contributed by atoms with Crippen molar-refractivity contribution < 1.29 is 28.2 Å². The summed E-state index contributed by atoms with van der Waals surface area (Å²) in [6.07, 6.45) is 3.83. The standard InChI is InChI=1S/C24H27F2N3O4/c1-28(2)21(30)11-18(29-12-16-4-3-5-17(27)22(16)23(29)31)15-8-9-19(33-24(25)26)20(10-15)32-13-14-6-7-14/h3-5,8-10,12,14,18,24,31H,6-7,11,13,27H2,1-2H3. The number of aromatic hydroxyl groups is 1. The van der Waals surface area contributed by atoms with Gasteiger partial charge in [-0.15, -0.1) is 0 Å². The number of alkyl halides is 2. The van der Waals surface area contributed by atoms with Gasteiger partial charge in [0.1, 0.15) is 0 Å². The van der Waals surface area contributed by atoms with Gasteiger partial charge < -0.3 is 29.8 Å². The summed E-state index contributed by atoms with van der Waals surface area (Å²) < 4.78 is 37.9. The Morgan fingerprint density at radius 1 is 1.24 bits per heavy atom. The van der Waals surface area contributed by atoms with Gasteiger partial charge in [0.2, 0.25) is 11.8 Å². The van der Waals surface area contributed by atoms with E-state index in [-0.39, 0.29) is 29.7 Å². The van der Waals surface area contributed by atoms with E-state index in [1.54, 1.807) is 49.1 Å². The zero-order chi connectivity index (χ0) is 23.7. The van der Waals surface area contributed by atoms with Gasteiger partial charge in [0.25, 0.3) is 0 Å². The van der Waals surface area contributed by atoms with E-state index in [1.165, 1.54) is 11.0 Å². The Bertz CT molecular complexity index is 1160. The van der Waals surface area contributed by atoms with Crippen molar-refractivity contribution in [2.24, 2.45) is 5.92 Å². The number of nitrogens with zero attached hydrogens (tertiary/aromatic N) is 2. The van der Waals surface area contributed by atoms with Crippen molar-refractivity contribution in [3.05, 3.63) is 48.2 Å². The van der Waals surface area contributed by atoms with Crippen LogP contribution in [-0.4, -0.2) is 47.8 Å². The number of hydrogen-bond donors (Lipinski definition) is 2. The zero-order valence-electron chi connectivity index (χ0n) is 18.5. The topological polar surface area (TPSA) is 90.0 Å². The van der Waals surface area contributed by atoms with Crippen molar-refractivity contribution >= 4 is 22.4 Å². The minimum Gasteiger partial charge on any atom is -0.494 e. The summed E-state index contributed by atoms with van der Waals surface area (Å²) in [5, 5.41) is 12.2. The average Bonchev–Trinajstić information content (AvgIpc) is 3.53. The van der Waals surface area contributed by atoms with Gasteiger partial charge in [-0.25, -0.2) is 0 Å². The summed E-state index contributed by atoms with van der Waals surface area (Å²) in [7, 11) is 3.29. The monoisotopic (exact) mass is 459 g/mol. The maximum Gasteiger partial charge on any atom is 0.387 e. The van der Waals surface area contributed by atoms with Gasteiger partial charge in [0, 0.05) is 31.4 Å². The fraction of sp³-hybridized carbons (Fsp3) is 0.375. The summed E-state index contributed by atoms with van der Waals surface area (Å²) in [4.78, 5) is 14.1. The number of hydrogen-bond acceptors (Lipinski definition) is 5. The SMILES string of the molecule is CN(C)C(=O)CC(c1ccc(OC(F)F)c(OCC2CC2)c1)n1cc2cccc(N)c2c1O. The molecule has 1 atom stereocenters. The molecule has 1 amide bonds. The maximum atomic E-state index is 12.9. The Balaban J connectivity index is 1.78. The first-order valence-corrected chi connectivity index (χ1v) is 10.7. The number of carbonyl (C=O) groups excluding carboxylic acids is 1. The van der Waals surface area contributed by atoms with Gasteiger partial charge in [-0.1, -0.05) is 18.2 Å². The first kappa shape index (κ1) is 22.7. The number of amides is 1. The Labute approximate surface area is 190 Å². The molecule has 9 heteroatoms. The van der Waals surface area contributed by atoms with Crippen molar-refractivity contribution in [1.29, 1.82) is 0 Å². The first-order chi connectivity index (χ1) is 15.7. The number of halogens is 2. The third-order valence-corrected chi connectivity index (χ3v) is 5.82. The van der Waals surface area contributed by atoms with E-state index in [2.05, 4.69) is 4.74 Å². The summed E-state index contributed by atoms with van der Waals surface area (Å²) in [5.41, 5.74) is 7.08. The molecular weight excluding hydrogens is 432 g/mol. The predicted octanol–water partition coefficient (Wildman–Crippen LogP) is 4.39. The van der Waals surface area contributed by atoms with E-state index in [1.807, 2.05) is 6.07 Å². The first-order valence-electron chi connectivity index (χ1n) is 10.7. The van der Waals surface area contributed by atoms with Gasteiger partial charge in [-0.2, -0.15) is 8.78 Å². The van der Waals surface area contributed by atoms with Crippen LogP contribution in [0.2, 0.25) is 0 Å². The average molecular weight is 459 g/mol. The van der Waals surface area contributed by atoms with E-state index in [0.29, 0.717) is 29.2 Å². The molecule has 1 aliphatic carbocycles. The third-order valence-electron chi connectivity index (χ3n) is 5.82. The number of nitrogens with two attached hydrogens (primary N) is 1. The second-order valence-electron chi connectivity index (χ2n) is 8.52. The molecule has 7 nitrogen and oxygen atoms in total. The smallest absolute Gasteiger partial charge is 0.387 e. The predicted molar refractivity (Wildman–Crippen MR) is 121 cm³/mol. The van der Waals surface area contributed by atoms with Crippen LogP contribution < -0.4 is 15.2 Å². The highest BCUT2D eigenvalue weighted by Crippen LogP contribution is 2.40.